The molecule has 3 nitrogen and oxygen atoms in total. The second-order valence-electron chi connectivity index (χ2n) is 5.98. The lowest BCUT2D eigenvalue weighted by Crippen LogP contribution is -2.50. The summed E-state index contributed by atoms with van der Waals surface area (Å²) in [6, 6.07) is 10.9. The van der Waals surface area contributed by atoms with Gasteiger partial charge in [-0.3, -0.25) is 4.79 Å². The Kier molecular flexibility index (Phi) is 6.66. The van der Waals surface area contributed by atoms with Crippen LogP contribution in [0.3, 0.4) is 0 Å². The number of nitrogens with zero attached hydrogens (tertiary/aromatic N) is 1. The van der Waals surface area contributed by atoms with Crippen molar-refractivity contribution in [2.24, 2.45) is 5.92 Å². The van der Waals surface area contributed by atoms with Crippen LogP contribution >= 0.6 is 0 Å². The van der Waals surface area contributed by atoms with Crippen molar-refractivity contribution in [3.05, 3.63) is 42.0 Å². The van der Waals surface area contributed by atoms with Gasteiger partial charge in [-0.05, 0) is 17.9 Å². The van der Waals surface area contributed by atoms with E-state index in [1.807, 2.05) is 17.9 Å². The van der Waals surface area contributed by atoms with Gasteiger partial charge in [-0.25, -0.2) is 0 Å². The summed E-state index contributed by atoms with van der Waals surface area (Å²) >= 11 is 0. The highest BCUT2D eigenvalue weighted by atomic mass is 16.2. The Morgan fingerprint density at radius 2 is 2.09 bits per heavy atom. The van der Waals surface area contributed by atoms with E-state index >= 15 is 0 Å². The molecule has 22 heavy (non-hydrogen) atoms. The molecule has 1 heterocycles. The number of hydrogen-bond acceptors (Lipinski definition) is 2. The van der Waals surface area contributed by atoms with Gasteiger partial charge in [0.2, 0.25) is 5.91 Å². The van der Waals surface area contributed by atoms with Crippen LogP contribution in [0.1, 0.15) is 38.7 Å². The van der Waals surface area contributed by atoms with Crippen molar-refractivity contribution in [3.8, 4) is 0 Å². The second-order valence-corrected chi connectivity index (χ2v) is 5.98. The van der Waals surface area contributed by atoms with Crippen LogP contribution in [-0.4, -0.2) is 36.5 Å². The SMILES string of the molecule is CCC(=O)N1CCC(NC/C=C/c2ccccc2)C(CC)C1. The van der Waals surface area contributed by atoms with Crippen molar-refractivity contribution in [2.45, 2.75) is 39.2 Å². The first-order chi connectivity index (χ1) is 10.7. The summed E-state index contributed by atoms with van der Waals surface area (Å²) in [6.07, 6.45) is 7.14. The Bertz CT molecular complexity index is 483. The van der Waals surface area contributed by atoms with Crippen molar-refractivity contribution in [1.82, 2.24) is 10.2 Å². The number of carbonyl (C=O) groups is 1. The van der Waals surface area contributed by atoms with E-state index in [-0.39, 0.29) is 0 Å². The fourth-order valence-corrected chi connectivity index (χ4v) is 3.14. The number of piperidine rings is 1. The average molecular weight is 300 g/mol. The molecule has 0 bridgehead atoms. The molecule has 1 aromatic rings. The molecule has 0 spiro atoms. The summed E-state index contributed by atoms with van der Waals surface area (Å²) < 4.78 is 0. The molecule has 1 amide bonds. The van der Waals surface area contributed by atoms with Gasteiger partial charge in [0.15, 0.2) is 0 Å². The lowest BCUT2D eigenvalue weighted by Gasteiger charge is -2.38. The molecule has 2 unspecified atom stereocenters. The van der Waals surface area contributed by atoms with Crippen molar-refractivity contribution < 1.29 is 4.79 Å². The van der Waals surface area contributed by atoms with E-state index in [0.717, 1.165) is 32.5 Å². The van der Waals surface area contributed by atoms with Gasteiger partial charge in [-0.1, -0.05) is 62.8 Å². The van der Waals surface area contributed by atoms with Gasteiger partial charge in [0.1, 0.15) is 0 Å². The fraction of sp³-hybridized carbons (Fsp3) is 0.526. The highest BCUT2D eigenvalue weighted by Crippen LogP contribution is 2.20. The molecule has 0 aromatic heterocycles. The number of hydrogen-bond donors (Lipinski definition) is 1. The Hall–Kier alpha value is -1.61. The van der Waals surface area contributed by atoms with Crippen molar-refractivity contribution in [2.75, 3.05) is 19.6 Å². The fourth-order valence-electron chi connectivity index (χ4n) is 3.14. The zero-order valence-corrected chi connectivity index (χ0v) is 13.8. The Morgan fingerprint density at radius 3 is 2.77 bits per heavy atom. The Balaban J connectivity index is 1.80. The number of amides is 1. The zero-order chi connectivity index (χ0) is 15.8. The lowest BCUT2D eigenvalue weighted by molar-refractivity contribution is -0.133. The molecular weight excluding hydrogens is 272 g/mol. The maximum Gasteiger partial charge on any atom is 0.222 e. The normalized spacial score (nSPS) is 22.2. The van der Waals surface area contributed by atoms with Crippen LogP contribution in [0.5, 0.6) is 0 Å². The molecular formula is C19H28N2O. The molecule has 0 saturated carbocycles. The van der Waals surface area contributed by atoms with Crippen molar-refractivity contribution in [3.63, 3.8) is 0 Å². The van der Waals surface area contributed by atoms with Gasteiger partial charge in [-0.2, -0.15) is 0 Å². The first kappa shape index (κ1) is 16.8. The monoisotopic (exact) mass is 300 g/mol. The molecule has 1 aromatic carbocycles. The second kappa shape index (κ2) is 8.74. The Labute approximate surface area is 134 Å². The topological polar surface area (TPSA) is 32.3 Å². The quantitative estimate of drug-likeness (QED) is 0.874. The third kappa shape index (κ3) is 4.70. The molecule has 1 aliphatic heterocycles. The maximum absolute atomic E-state index is 11.8. The summed E-state index contributed by atoms with van der Waals surface area (Å²) in [7, 11) is 0. The predicted octanol–water partition coefficient (Wildman–Crippen LogP) is 3.33. The standard InChI is InChI=1S/C19H28N2O/c1-3-17-15-21(19(22)4-2)14-12-18(17)20-13-8-11-16-9-6-5-7-10-16/h5-11,17-18,20H,3-4,12-15H2,1-2H3/b11-8+. The summed E-state index contributed by atoms with van der Waals surface area (Å²) in [5, 5.41) is 3.65. The van der Waals surface area contributed by atoms with Crippen LogP contribution in [-0.2, 0) is 4.79 Å². The maximum atomic E-state index is 11.8. The largest absolute Gasteiger partial charge is 0.342 e. The van der Waals surface area contributed by atoms with E-state index in [1.54, 1.807) is 0 Å². The molecule has 120 valence electrons. The molecule has 2 atom stereocenters. The minimum atomic E-state index is 0.292. The van der Waals surface area contributed by atoms with Crippen molar-refractivity contribution in [1.29, 1.82) is 0 Å². The van der Waals surface area contributed by atoms with Crippen LogP contribution < -0.4 is 5.32 Å². The molecule has 3 heteroatoms. The number of rotatable bonds is 6. The highest BCUT2D eigenvalue weighted by Gasteiger charge is 2.29. The zero-order valence-electron chi connectivity index (χ0n) is 13.8. The van der Waals surface area contributed by atoms with Gasteiger partial charge in [0.05, 0.1) is 0 Å². The number of benzene rings is 1. The average Bonchev–Trinajstić information content (AvgIpc) is 2.59. The molecule has 1 fully saturated rings. The Morgan fingerprint density at radius 1 is 1.32 bits per heavy atom. The number of likely N-dealkylation sites (tertiary alicyclic amines) is 1. The summed E-state index contributed by atoms with van der Waals surface area (Å²) in [6.45, 7) is 6.85. The summed E-state index contributed by atoms with van der Waals surface area (Å²) in [4.78, 5) is 13.9. The van der Waals surface area contributed by atoms with E-state index in [4.69, 9.17) is 0 Å². The van der Waals surface area contributed by atoms with Crippen LogP contribution in [0.2, 0.25) is 0 Å². The molecule has 0 aliphatic carbocycles. The number of carbonyl (C=O) groups excluding carboxylic acids is 1. The minimum absolute atomic E-state index is 0.292. The van der Waals surface area contributed by atoms with Gasteiger partial charge >= 0.3 is 0 Å². The first-order valence-corrected chi connectivity index (χ1v) is 8.47. The first-order valence-electron chi connectivity index (χ1n) is 8.47. The lowest BCUT2D eigenvalue weighted by atomic mass is 9.89. The summed E-state index contributed by atoms with van der Waals surface area (Å²) in [5.41, 5.74) is 1.24. The van der Waals surface area contributed by atoms with E-state index in [1.165, 1.54) is 5.56 Å². The van der Waals surface area contributed by atoms with Crippen LogP contribution in [0.25, 0.3) is 6.08 Å². The smallest absolute Gasteiger partial charge is 0.222 e. The molecule has 1 N–H and O–H groups in total. The molecule has 0 radical (unpaired) electrons. The number of nitrogens with one attached hydrogen (secondary N) is 1. The highest BCUT2D eigenvalue weighted by molar-refractivity contribution is 5.75. The third-order valence-corrected chi connectivity index (χ3v) is 4.52. The predicted molar refractivity (Wildman–Crippen MR) is 92.5 cm³/mol. The molecule has 2 rings (SSSR count). The van der Waals surface area contributed by atoms with Gasteiger partial charge in [-0.15, -0.1) is 0 Å². The minimum Gasteiger partial charge on any atom is -0.342 e. The van der Waals surface area contributed by atoms with E-state index in [2.05, 4.69) is 48.7 Å². The summed E-state index contributed by atoms with van der Waals surface area (Å²) in [5.74, 6) is 0.857. The van der Waals surface area contributed by atoms with Crippen LogP contribution in [0.4, 0.5) is 0 Å². The van der Waals surface area contributed by atoms with Crippen LogP contribution in [0.15, 0.2) is 36.4 Å². The van der Waals surface area contributed by atoms with Gasteiger partial charge < -0.3 is 10.2 Å². The van der Waals surface area contributed by atoms with Gasteiger partial charge in [0.25, 0.3) is 0 Å². The molecule has 1 aliphatic rings. The molecule has 1 saturated heterocycles. The van der Waals surface area contributed by atoms with Crippen molar-refractivity contribution >= 4 is 12.0 Å². The van der Waals surface area contributed by atoms with E-state index < -0.39 is 0 Å². The van der Waals surface area contributed by atoms with E-state index in [9.17, 15) is 4.79 Å². The third-order valence-electron chi connectivity index (χ3n) is 4.52. The van der Waals surface area contributed by atoms with Gasteiger partial charge in [0, 0.05) is 32.1 Å². The van der Waals surface area contributed by atoms with E-state index in [0.29, 0.717) is 24.3 Å². The van der Waals surface area contributed by atoms with Crippen LogP contribution in [0, 0.1) is 5.92 Å².